The summed E-state index contributed by atoms with van der Waals surface area (Å²) in [5, 5.41) is 0. The molecule has 76 valence electrons. The third-order valence-corrected chi connectivity index (χ3v) is 3.44. The molecule has 2 rings (SSSR count). The predicted molar refractivity (Wildman–Crippen MR) is 60.7 cm³/mol. The minimum atomic E-state index is 0.119. The molecular formula is C11H14BrNO. The molecular weight excluding hydrogens is 242 g/mol. The Hall–Kier alpha value is -0.570. The molecule has 0 spiro atoms. The molecule has 2 nitrogen and oxygen atoms in total. The first-order valence-corrected chi connectivity index (χ1v) is 5.94. The Kier molecular flexibility index (Phi) is 2.77. The molecule has 0 aliphatic heterocycles. The fraction of sp³-hybridized carbons (Fsp3) is 0.545. The zero-order valence-corrected chi connectivity index (χ0v) is 9.93. The van der Waals surface area contributed by atoms with Gasteiger partial charge in [-0.25, -0.2) is 0 Å². The summed E-state index contributed by atoms with van der Waals surface area (Å²) >= 11 is 3.33. The number of halogens is 1. The number of rotatable bonds is 1. The predicted octanol–water partition coefficient (Wildman–Crippen LogP) is 2.51. The van der Waals surface area contributed by atoms with Gasteiger partial charge >= 0.3 is 0 Å². The quantitative estimate of drug-likeness (QED) is 0.756. The third kappa shape index (κ3) is 1.54. The highest BCUT2D eigenvalue weighted by Gasteiger charge is 2.15. The van der Waals surface area contributed by atoms with Crippen molar-refractivity contribution < 1.29 is 0 Å². The second-order valence-electron chi connectivity index (χ2n) is 3.72. The van der Waals surface area contributed by atoms with Crippen LogP contribution in [0.2, 0.25) is 0 Å². The molecule has 14 heavy (non-hydrogen) atoms. The summed E-state index contributed by atoms with van der Waals surface area (Å²) in [6.07, 6.45) is 4.65. The van der Waals surface area contributed by atoms with Crippen LogP contribution in [0.25, 0.3) is 0 Å². The van der Waals surface area contributed by atoms with Crippen molar-refractivity contribution in [3.05, 3.63) is 32.2 Å². The van der Waals surface area contributed by atoms with Crippen LogP contribution in [-0.2, 0) is 19.4 Å². The minimum Gasteiger partial charge on any atom is -0.312 e. The van der Waals surface area contributed by atoms with Crippen LogP contribution < -0.4 is 5.56 Å². The lowest BCUT2D eigenvalue weighted by atomic mass is 9.96. The van der Waals surface area contributed by atoms with Crippen molar-refractivity contribution in [3.63, 3.8) is 0 Å². The number of aromatic nitrogens is 1. The van der Waals surface area contributed by atoms with Crippen molar-refractivity contribution in [2.75, 3.05) is 0 Å². The zero-order chi connectivity index (χ0) is 10.1. The SMILES string of the molecule is CCn1c2c(cc(Br)c1=O)CCCC2. The normalized spacial score (nSPS) is 15.3. The van der Waals surface area contributed by atoms with E-state index in [0.717, 1.165) is 19.4 Å². The van der Waals surface area contributed by atoms with E-state index < -0.39 is 0 Å². The number of fused-ring (bicyclic) bond motifs is 1. The van der Waals surface area contributed by atoms with Gasteiger partial charge in [0.2, 0.25) is 0 Å². The zero-order valence-electron chi connectivity index (χ0n) is 8.35. The summed E-state index contributed by atoms with van der Waals surface area (Å²) in [5.74, 6) is 0. The van der Waals surface area contributed by atoms with Crippen molar-refractivity contribution in [1.82, 2.24) is 4.57 Å². The Labute approximate surface area is 92.1 Å². The maximum absolute atomic E-state index is 11.8. The van der Waals surface area contributed by atoms with Crippen LogP contribution in [0, 0.1) is 0 Å². The maximum Gasteiger partial charge on any atom is 0.265 e. The van der Waals surface area contributed by atoms with Crippen LogP contribution in [0.3, 0.4) is 0 Å². The molecule has 1 aliphatic carbocycles. The first-order valence-electron chi connectivity index (χ1n) is 5.15. The van der Waals surface area contributed by atoms with Crippen molar-refractivity contribution >= 4 is 15.9 Å². The lowest BCUT2D eigenvalue weighted by Crippen LogP contribution is -2.26. The largest absolute Gasteiger partial charge is 0.312 e. The van der Waals surface area contributed by atoms with E-state index in [4.69, 9.17) is 0 Å². The van der Waals surface area contributed by atoms with E-state index in [1.807, 2.05) is 17.6 Å². The maximum atomic E-state index is 11.8. The number of hydrogen-bond acceptors (Lipinski definition) is 1. The van der Waals surface area contributed by atoms with Gasteiger partial charge < -0.3 is 4.57 Å². The number of pyridine rings is 1. The standard InChI is InChI=1S/C11H14BrNO/c1-2-13-10-6-4-3-5-8(10)7-9(12)11(13)14/h7H,2-6H2,1H3. The second-order valence-corrected chi connectivity index (χ2v) is 4.58. The van der Waals surface area contributed by atoms with Gasteiger partial charge in [-0.3, -0.25) is 4.79 Å². The van der Waals surface area contributed by atoms with Gasteiger partial charge in [-0.2, -0.15) is 0 Å². The molecule has 0 N–H and O–H groups in total. The van der Waals surface area contributed by atoms with Crippen molar-refractivity contribution in [3.8, 4) is 0 Å². The lowest BCUT2D eigenvalue weighted by Gasteiger charge is -2.20. The highest BCUT2D eigenvalue weighted by atomic mass is 79.9. The number of nitrogens with zero attached hydrogens (tertiary/aromatic N) is 1. The van der Waals surface area contributed by atoms with Crippen LogP contribution in [0.5, 0.6) is 0 Å². The molecule has 0 unspecified atom stereocenters. The summed E-state index contributed by atoms with van der Waals surface area (Å²) < 4.78 is 2.61. The Morgan fingerprint density at radius 3 is 2.86 bits per heavy atom. The van der Waals surface area contributed by atoms with Crippen LogP contribution in [0.4, 0.5) is 0 Å². The molecule has 0 radical (unpaired) electrons. The van der Waals surface area contributed by atoms with Crippen LogP contribution >= 0.6 is 15.9 Å². The molecule has 1 aromatic heterocycles. The molecule has 0 bridgehead atoms. The van der Waals surface area contributed by atoms with E-state index in [2.05, 4.69) is 15.9 Å². The Bertz CT molecular complexity index is 408. The van der Waals surface area contributed by atoms with E-state index in [-0.39, 0.29) is 5.56 Å². The van der Waals surface area contributed by atoms with Crippen LogP contribution in [-0.4, -0.2) is 4.57 Å². The molecule has 0 saturated heterocycles. The fourth-order valence-electron chi connectivity index (χ4n) is 2.18. The molecule has 0 aromatic carbocycles. The van der Waals surface area contributed by atoms with Gasteiger partial charge in [0.15, 0.2) is 0 Å². The molecule has 0 amide bonds. The second kappa shape index (κ2) is 3.89. The average molecular weight is 256 g/mol. The summed E-state index contributed by atoms with van der Waals surface area (Å²) in [6, 6.07) is 2.00. The minimum absolute atomic E-state index is 0.119. The van der Waals surface area contributed by atoms with E-state index in [1.165, 1.54) is 24.1 Å². The average Bonchev–Trinajstić information content (AvgIpc) is 2.20. The summed E-state index contributed by atoms with van der Waals surface area (Å²) in [4.78, 5) is 11.8. The van der Waals surface area contributed by atoms with Crippen molar-refractivity contribution in [2.45, 2.75) is 39.2 Å². The van der Waals surface area contributed by atoms with Crippen LogP contribution in [0.15, 0.2) is 15.3 Å². The summed E-state index contributed by atoms with van der Waals surface area (Å²) in [6.45, 7) is 2.81. The van der Waals surface area contributed by atoms with Gasteiger partial charge in [0.1, 0.15) is 0 Å². The fourth-order valence-corrected chi connectivity index (χ4v) is 2.67. The van der Waals surface area contributed by atoms with Crippen LogP contribution in [0.1, 0.15) is 31.0 Å². The molecule has 0 fully saturated rings. The first kappa shape index (κ1) is 9.97. The molecule has 0 atom stereocenters. The molecule has 1 aliphatic rings. The van der Waals surface area contributed by atoms with Crippen molar-refractivity contribution in [2.24, 2.45) is 0 Å². The van der Waals surface area contributed by atoms with E-state index >= 15 is 0 Å². The first-order chi connectivity index (χ1) is 6.74. The Balaban J connectivity index is 2.66. The topological polar surface area (TPSA) is 22.0 Å². The van der Waals surface area contributed by atoms with Gasteiger partial charge in [0.05, 0.1) is 4.47 Å². The molecule has 3 heteroatoms. The Morgan fingerprint density at radius 2 is 2.14 bits per heavy atom. The highest BCUT2D eigenvalue weighted by molar-refractivity contribution is 9.10. The molecule has 1 aromatic rings. The molecule has 1 heterocycles. The summed E-state index contributed by atoms with van der Waals surface area (Å²) in [7, 11) is 0. The highest BCUT2D eigenvalue weighted by Crippen LogP contribution is 2.22. The number of aryl methyl sites for hydroxylation is 1. The van der Waals surface area contributed by atoms with E-state index in [1.54, 1.807) is 0 Å². The van der Waals surface area contributed by atoms with E-state index in [9.17, 15) is 4.79 Å². The third-order valence-electron chi connectivity index (χ3n) is 2.87. The van der Waals surface area contributed by atoms with Gasteiger partial charge in [-0.15, -0.1) is 0 Å². The lowest BCUT2D eigenvalue weighted by molar-refractivity contribution is 0.589. The Morgan fingerprint density at radius 1 is 1.43 bits per heavy atom. The van der Waals surface area contributed by atoms with Gasteiger partial charge in [0, 0.05) is 12.2 Å². The van der Waals surface area contributed by atoms with E-state index in [0.29, 0.717) is 4.47 Å². The van der Waals surface area contributed by atoms with Gasteiger partial charge in [-0.05, 0) is 60.2 Å². The number of hydrogen-bond donors (Lipinski definition) is 0. The van der Waals surface area contributed by atoms with Crippen molar-refractivity contribution in [1.29, 1.82) is 0 Å². The van der Waals surface area contributed by atoms with Gasteiger partial charge in [0.25, 0.3) is 5.56 Å². The monoisotopic (exact) mass is 255 g/mol. The van der Waals surface area contributed by atoms with Gasteiger partial charge in [-0.1, -0.05) is 0 Å². The molecule has 0 saturated carbocycles. The summed E-state index contributed by atoms with van der Waals surface area (Å²) in [5.41, 5.74) is 2.73. The smallest absolute Gasteiger partial charge is 0.265 e.